The van der Waals surface area contributed by atoms with Gasteiger partial charge < -0.3 is 9.47 Å². The van der Waals surface area contributed by atoms with Crippen LogP contribution in [-0.2, 0) is 29.7 Å². The minimum absolute atomic E-state index is 0. The third-order valence-electron chi connectivity index (χ3n) is 4.02. The number of ether oxygens (including phenoxy) is 2. The summed E-state index contributed by atoms with van der Waals surface area (Å²) >= 11 is 0. The van der Waals surface area contributed by atoms with Gasteiger partial charge in [-0.15, -0.1) is 0 Å². The first-order valence-corrected chi connectivity index (χ1v) is 14.9. The van der Waals surface area contributed by atoms with Crippen LogP contribution in [0.3, 0.4) is 0 Å². The SMILES string of the molecule is C1CCOC1.C1CCOC1.O=S(=O)(O)C(F)(F)F.O=S(=O)(O)C(F)(F)F.[CH]1[CH][CH][CH][CH][CH][CH][CH]1.[CH]1[CH][CH][CH][CH][CH][CH][CH]1.[Sm].[Sm]. The summed E-state index contributed by atoms with van der Waals surface area (Å²) in [5.74, 6) is 0. The number of halogens is 6. The van der Waals surface area contributed by atoms with E-state index in [2.05, 4.69) is 0 Å². The standard InChI is InChI=1S/2C8H8.2C4H8O.2CHF3O3S.2Sm/c2*1-2-4-6-8-7-5-3-1;2*1-2-4-5-3-1;2*2-1(3,4)8(5,6)7;;/h2*1-8H;2*1-4H2;2*(H,5,6,7);;. The molecular weight excluding hydrogens is 919 g/mol. The predicted molar refractivity (Wildman–Crippen MR) is 144 cm³/mol. The molecule has 252 valence electrons. The largest absolute Gasteiger partial charge is 0.522 e. The average Bonchev–Trinajstić information content (AvgIpc) is 3.57. The maximum absolute atomic E-state index is 10.7. The van der Waals surface area contributed by atoms with Crippen molar-refractivity contribution in [2.24, 2.45) is 0 Å². The molecule has 2 N–H and O–H groups in total. The normalized spacial score (nSPS) is 19.3. The Kier molecular flexibility index (Phi) is 38.7. The fraction of sp³-hybridized carbons (Fsp3) is 0.385. The van der Waals surface area contributed by atoms with E-state index in [1.165, 1.54) is 25.7 Å². The van der Waals surface area contributed by atoms with Gasteiger partial charge in [-0.2, -0.15) is 43.2 Å². The summed E-state index contributed by atoms with van der Waals surface area (Å²) in [6.07, 6.45) is 37.1. The minimum atomic E-state index is -5.84. The first-order chi connectivity index (χ1) is 19.5. The third kappa shape index (κ3) is 38.4. The molecule has 18 heteroatoms. The van der Waals surface area contributed by atoms with Crippen molar-refractivity contribution < 1.29 is 143 Å². The summed E-state index contributed by atoms with van der Waals surface area (Å²) < 4.78 is 125. The van der Waals surface area contributed by atoms with Gasteiger partial charge in [0.2, 0.25) is 0 Å². The zero-order valence-electron chi connectivity index (χ0n) is 23.1. The van der Waals surface area contributed by atoms with E-state index in [1.807, 2.05) is 103 Å². The second-order valence-corrected chi connectivity index (χ2v) is 10.4. The van der Waals surface area contributed by atoms with E-state index in [-0.39, 0.29) is 80.8 Å². The Morgan fingerprint density at radius 2 is 0.523 bits per heavy atom. The van der Waals surface area contributed by atoms with Crippen LogP contribution in [0.15, 0.2) is 0 Å². The van der Waals surface area contributed by atoms with Gasteiger partial charge in [0.15, 0.2) is 0 Å². The Hall–Kier alpha value is 2.00. The molecule has 2 saturated carbocycles. The van der Waals surface area contributed by atoms with E-state index in [0.29, 0.717) is 0 Å². The topological polar surface area (TPSA) is 127 Å². The predicted octanol–water partition coefficient (Wildman–Crippen LogP) is 5.65. The molecule has 4 aliphatic rings. The van der Waals surface area contributed by atoms with E-state index < -0.39 is 31.3 Å². The monoisotopic (exact) mass is 956 g/mol. The van der Waals surface area contributed by atoms with Crippen LogP contribution in [0.5, 0.6) is 0 Å². The van der Waals surface area contributed by atoms with Gasteiger partial charge in [-0.1, -0.05) is 0 Å². The second-order valence-electron chi connectivity index (χ2n) is 7.56. The van der Waals surface area contributed by atoms with Crippen molar-refractivity contribution in [3.63, 3.8) is 0 Å². The van der Waals surface area contributed by atoms with Crippen molar-refractivity contribution in [2.75, 3.05) is 26.4 Å². The van der Waals surface area contributed by atoms with Crippen LogP contribution in [-0.4, -0.2) is 63.4 Å². The molecule has 16 radical (unpaired) electrons. The van der Waals surface area contributed by atoms with Crippen molar-refractivity contribution in [3.8, 4) is 0 Å². The molecular formula is C26H34F6O8S2Sm2. The molecule has 0 bridgehead atoms. The van der Waals surface area contributed by atoms with Crippen molar-refractivity contribution in [3.05, 3.63) is 103 Å². The zero-order chi connectivity index (χ0) is 32.4. The average molecular weight is 953 g/mol. The van der Waals surface area contributed by atoms with Crippen LogP contribution in [0.1, 0.15) is 25.7 Å². The number of alkyl halides is 6. The maximum atomic E-state index is 10.7. The molecule has 44 heavy (non-hydrogen) atoms. The van der Waals surface area contributed by atoms with Gasteiger partial charge in [-0.25, -0.2) is 0 Å². The Bertz CT molecular complexity index is 692. The quantitative estimate of drug-likeness (QED) is 0.182. The fourth-order valence-corrected chi connectivity index (χ4v) is 2.05. The zero-order valence-corrected chi connectivity index (χ0v) is 30.0. The Morgan fingerprint density at radius 3 is 0.568 bits per heavy atom. The Labute approximate surface area is 325 Å². The molecule has 0 aromatic carbocycles. The summed E-state index contributed by atoms with van der Waals surface area (Å²) in [7, 11) is -11.7. The molecule has 4 rings (SSSR count). The molecule has 0 unspecified atom stereocenters. The van der Waals surface area contributed by atoms with E-state index in [0.717, 1.165) is 26.4 Å². The smallest absolute Gasteiger partial charge is 0.381 e. The van der Waals surface area contributed by atoms with E-state index in [4.69, 9.17) is 35.4 Å². The molecule has 4 fully saturated rings. The van der Waals surface area contributed by atoms with Crippen molar-refractivity contribution in [1.29, 1.82) is 0 Å². The second kappa shape index (κ2) is 32.2. The van der Waals surface area contributed by atoms with E-state index >= 15 is 0 Å². The molecule has 0 spiro atoms. The van der Waals surface area contributed by atoms with Crippen LogP contribution in [0.25, 0.3) is 0 Å². The van der Waals surface area contributed by atoms with Crippen molar-refractivity contribution in [2.45, 2.75) is 36.7 Å². The molecule has 0 amide bonds. The van der Waals surface area contributed by atoms with E-state index in [9.17, 15) is 26.3 Å². The summed E-state index contributed by atoms with van der Waals surface area (Å²) in [5.41, 5.74) is -11.1. The molecule has 2 saturated heterocycles. The number of rotatable bonds is 0. The molecule has 0 aromatic heterocycles. The number of hydrogen-bond acceptors (Lipinski definition) is 6. The molecule has 2 aliphatic carbocycles. The molecule has 0 atom stereocenters. The summed E-state index contributed by atoms with van der Waals surface area (Å²) in [5, 5.41) is 0. The summed E-state index contributed by atoms with van der Waals surface area (Å²) in [4.78, 5) is 0. The van der Waals surface area contributed by atoms with Gasteiger partial charge in [-0.3, -0.25) is 9.11 Å². The Morgan fingerprint density at radius 1 is 0.409 bits per heavy atom. The molecule has 2 aliphatic heterocycles. The van der Waals surface area contributed by atoms with Gasteiger partial charge in [0.1, 0.15) is 0 Å². The molecule has 2 heterocycles. The first-order valence-electron chi connectivity index (χ1n) is 12.1. The van der Waals surface area contributed by atoms with Crippen LogP contribution >= 0.6 is 0 Å². The summed E-state index contributed by atoms with van der Waals surface area (Å²) in [6, 6.07) is 0. The van der Waals surface area contributed by atoms with Crippen LogP contribution in [0, 0.1) is 184 Å². The van der Waals surface area contributed by atoms with Gasteiger partial charge >= 0.3 is 31.3 Å². The van der Waals surface area contributed by atoms with Crippen molar-refractivity contribution in [1.82, 2.24) is 0 Å². The molecule has 8 nitrogen and oxygen atoms in total. The van der Waals surface area contributed by atoms with Crippen LogP contribution < -0.4 is 0 Å². The summed E-state index contributed by atoms with van der Waals surface area (Å²) in [6.45, 7) is 4.00. The van der Waals surface area contributed by atoms with Crippen molar-refractivity contribution >= 4 is 20.2 Å². The van der Waals surface area contributed by atoms with Gasteiger partial charge in [0.25, 0.3) is 0 Å². The first kappa shape index (κ1) is 52.8. The van der Waals surface area contributed by atoms with Gasteiger partial charge in [0.05, 0.1) is 0 Å². The molecule has 0 aromatic rings. The van der Waals surface area contributed by atoms with E-state index in [1.54, 1.807) is 0 Å². The maximum Gasteiger partial charge on any atom is 0.522 e. The van der Waals surface area contributed by atoms with Gasteiger partial charge in [-0.05, 0) is 128 Å². The third-order valence-corrected chi connectivity index (χ3v) is 5.19. The Balaban J connectivity index is -0.000000218. The van der Waals surface area contributed by atoms with Crippen LogP contribution in [0.4, 0.5) is 26.3 Å². The minimum Gasteiger partial charge on any atom is -0.381 e. The number of hydrogen-bond donors (Lipinski definition) is 2. The van der Waals surface area contributed by atoms with Gasteiger partial charge in [0, 0.05) is 107 Å². The fourth-order valence-electron chi connectivity index (χ4n) is 2.05. The van der Waals surface area contributed by atoms with Crippen LogP contribution in [0.2, 0.25) is 0 Å².